The summed E-state index contributed by atoms with van der Waals surface area (Å²) in [7, 11) is 3.53. The zero-order chi connectivity index (χ0) is 28.6. The summed E-state index contributed by atoms with van der Waals surface area (Å²) in [6.07, 6.45) is 9.73. The van der Waals surface area contributed by atoms with Gasteiger partial charge in [-0.1, -0.05) is 51.5 Å². The molecule has 3 N–H and O–H groups in total. The molecule has 0 aliphatic heterocycles. The van der Waals surface area contributed by atoms with Gasteiger partial charge < -0.3 is 25.1 Å². The number of hydrogen-bond donors (Lipinski definition) is 2. The molecule has 0 heterocycles. The van der Waals surface area contributed by atoms with Crippen LogP contribution in [-0.2, 0) is 20.8 Å². The Kier molecular flexibility index (Phi) is 12.8. The molecule has 0 spiro atoms. The first kappa shape index (κ1) is 32.5. The van der Waals surface area contributed by atoms with Crippen LogP contribution in [-0.4, -0.2) is 43.9 Å². The Labute approximate surface area is 239 Å². The van der Waals surface area contributed by atoms with Gasteiger partial charge in [-0.15, -0.1) is 0 Å². The predicted octanol–water partition coefficient (Wildman–Crippen LogP) is 7.30. The third kappa shape index (κ3) is 9.26. The van der Waals surface area contributed by atoms with Crippen molar-refractivity contribution >= 4 is 0 Å². The highest BCUT2D eigenvalue weighted by Crippen LogP contribution is 2.47. The number of ether oxygens (including phenoxy) is 3. The Hall–Kier alpha value is -0.980. The topological polar surface area (TPSA) is 73.9 Å². The summed E-state index contributed by atoms with van der Waals surface area (Å²) in [6, 6.07) is 8.88. The lowest BCUT2D eigenvalue weighted by molar-refractivity contribution is -0.0394. The molecular weight excluding hydrogens is 486 g/mol. The van der Waals surface area contributed by atoms with E-state index in [2.05, 4.69) is 58.9 Å². The van der Waals surface area contributed by atoms with Crippen molar-refractivity contribution in [3.8, 4) is 0 Å². The minimum atomic E-state index is -0.258. The molecule has 1 aromatic rings. The van der Waals surface area contributed by atoms with Gasteiger partial charge >= 0.3 is 0 Å². The third-order valence-electron chi connectivity index (χ3n) is 10.1. The first-order valence-corrected chi connectivity index (χ1v) is 15.7. The van der Waals surface area contributed by atoms with Gasteiger partial charge in [-0.05, 0) is 118 Å². The van der Waals surface area contributed by atoms with Gasteiger partial charge in [0.05, 0.1) is 18.8 Å². The molecular formula is C34H59NO4. The van der Waals surface area contributed by atoms with E-state index in [-0.39, 0.29) is 17.7 Å². The molecule has 0 aromatic heterocycles. The van der Waals surface area contributed by atoms with Crippen LogP contribution >= 0.6 is 0 Å². The molecule has 0 bridgehead atoms. The van der Waals surface area contributed by atoms with E-state index in [4.69, 9.17) is 19.9 Å². The van der Waals surface area contributed by atoms with Crippen LogP contribution in [0.4, 0.5) is 0 Å². The Morgan fingerprint density at radius 2 is 1.69 bits per heavy atom. The highest BCUT2D eigenvalue weighted by molar-refractivity contribution is 5.30. The van der Waals surface area contributed by atoms with Gasteiger partial charge in [0, 0.05) is 19.8 Å². The van der Waals surface area contributed by atoms with E-state index >= 15 is 0 Å². The van der Waals surface area contributed by atoms with Crippen molar-refractivity contribution in [2.75, 3.05) is 21.0 Å². The van der Waals surface area contributed by atoms with Crippen LogP contribution in [0.5, 0.6) is 0 Å². The van der Waals surface area contributed by atoms with Crippen molar-refractivity contribution in [1.82, 2.24) is 0 Å². The quantitative estimate of drug-likeness (QED) is 0.183. The predicted molar refractivity (Wildman–Crippen MR) is 160 cm³/mol. The average molecular weight is 546 g/mol. The molecule has 3 rings (SSSR count). The molecule has 0 radical (unpaired) electrons. The highest BCUT2D eigenvalue weighted by Gasteiger charge is 2.41. The average Bonchev–Trinajstić information content (AvgIpc) is 2.95. The minimum absolute atomic E-state index is 0.127. The summed E-state index contributed by atoms with van der Waals surface area (Å²) < 4.78 is 17.1. The zero-order valence-corrected chi connectivity index (χ0v) is 26.0. The number of aliphatic hydroxyl groups excluding tert-OH is 1. The fraction of sp³-hybridized carbons (Fsp3) is 0.824. The molecule has 5 heteroatoms. The second kappa shape index (κ2) is 15.3. The van der Waals surface area contributed by atoms with Crippen molar-refractivity contribution in [2.24, 2.45) is 41.2 Å². The highest BCUT2D eigenvalue weighted by atomic mass is 16.7. The van der Waals surface area contributed by atoms with Crippen LogP contribution in [0.3, 0.4) is 0 Å². The lowest BCUT2D eigenvalue weighted by atomic mass is 9.68. The van der Waals surface area contributed by atoms with E-state index in [1.54, 1.807) is 7.11 Å². The van der Waals surface area contributed by atoms with Crippen LogP contribution in [0, 0.1) is 35.5 Å². The molecule has 2 aliphatic rings. The molecule has 2 aliphatic carbocycles. The normalized spacial score (nSPS) is 34.0. The lowest BCUT2D eigenvalue weighted by Crippen LogP contribution is -2.41. The van der Waals surface area contributed by atoms with Gasteiger partial charge in [0.2, 0.25) is 0 Å². The lowest BCUT2D eigenvalue weighted by Gasteiger charge is -2.40. The molecule has 39 heavy (non-hydrogen) atoms. The summed E-state index contributed by atoms with van der Waals surface area (Å²) in [5.74, 6) is 3.78. The minimum Gasteiger partial charge on any atom is -0.393 e. The van der Waals surface area contributed by atoms with Crippen molar-refractivity contribution in [3.63, 3.8) is 0 Å². The van der Waals surface area contributed by atoms with Crippen LogP contribution in [0.25, 0.3) is 0 Å². The summed E-state index contributed by atoms with van der Waals surface area (Å²) in [6.45, 7) is 12.5. The Balaban J connectivity index is 1.99. The number of benzene rings is 1. The van der Waals surface area contributed by atoms with Crippen molar-refractivity contribution in [2.45, 2.75) is 123 Å². The van der Waals surface area contributed by atoms with Gasteiger partial charge in [-0.25, -0.2) is 0 Å². The zero-order valence-electron chi connectivity index (χ0n) is 26.0. The summed E-state index contributed by atoms with van der Waals surface area (Å²) >= 11 is 0. The largest absolute Gasteiger partial charge is 0.393 e. The number of rotatable bonds is 10. The molecule has 9 atom stereocenters. The number of methoxy groups -OCH3 is 2. The van der Waals surface area contributed by atoms with Gasteiger partial charge in [-0.2, -0.15) is 0 Å². The van der Waals surface area contributed by atoms with E-state index in [1.807, 2.05) is 7.11 Å². The fourth-order valence-corrected chi connectivity index (χ4v) is 8.23. The van der Waals surface area contributed by atoms with Crippen LogP contribution in [0.15, 0.2) is 24.3 Å². The maximum Gasteiger partial charge on any atom is 0.146 e. The second-order valence-electron chi connectivity index (χ2n) is 13.8. The van der Waals surface area contributed by atoms with Crippen molar-refractivity contribution < 1.29 is 19.3 Å². The van der Waals surface area contributed by atoms with Gasteiger partial charge in [0.25, 0.3) is 0 Å². The number of aliphatic hydroxyl groups is 1. The van der Waals surface area contributed by atoms with E-state index in [9.17, 15) is 5.11 Å². The summed E-state index contributed by atoms with van der Waals surface area (Å²) in [4.78, 5) is 0. The summed E-state index contributed by atoms with van der Waals surface area (Å²) in [5.41, 5.74) is 9.32. The molecule has 5 nitrogen and oxygen atoms in total. The maximum atomic E-state index is 10.7. The van der Waals surface area contributed by atoms with E-state index < -0.39 is 0 Å². The Morgan fingerprint density at radius 3 is 2.36 bits per heavy atom. The molecule has 2 unspecified atom stereocenters. The van der Waals surface area contributed by atoms with Crippen LogP contribution in [0.2, 0.25) is 0 Å². The maximum absolute atomic E-state index is 10.7. The molecule has 0 saturated heterocycles. The standard InChI is InChI=1S/C34H59NO4/c1-8-30(32-18-24(3)17-29(36)20-33(32)38-7)27-15-23(2)16-28(34(4,5)35)14-13-25(19-27)31-12-10-9-11-26(31)21-39-22-37-6/h9-12,23-25,27-30,32-33,36H,8,13-22,35H2,1-7H3/t23-,24+,25?,27+,28-,29-,30+,32?,33-/m1/s1. The van der Waals surface area contributed by atoms with Gasteiger partial charge in [0.15, 0.2) is 0 Å². The second-order valence-corrected chi connectivity index (χ2v) is 13.8. The van der Waals surface area contributed by atoms with E-state index in [0.29, 0.717) is 54.8 Å². The fourth-order valence-electron chi connectivity index (χ4n) is 8.23. The van der Waals surface area contributed by atoms with Gasteiger partial charge in [0.1, 0.15) is 6.79 Å². The van der Waals surface area contributed by atoms with E-state index in [1.165, 1.54) is 30.4 Å². The van der Waals surface area contributed by atoms with Crippen LogP contribution in [0.1, 0.15) is 109 Å². The summed E-state index contributed by atoms with van der Waals surface area (Å²) in [5, 5.41) is 10.7. The molecule has 0 amide bonds. The molecule has 2 saturated carbocycles. The molecule has 224 valence electrons. The first-order chi connectivity index (χ1) is 18.6. The number of nitrogens with two attached hydrogens (primary N) is 1. The molecule has 2 fully saturated rings. The third-order valence-corrected chi connectivity index (χ3v) is 10.1. The van der Waals surface area contributed by atoms with Crippen molar-refractivity contribution in [3.05, 3.63) is 35.4 Å². The van der Waals surface area contributed by atoms with Gasteiger partial charge in [-0.3, -0.25) is 0 Å². The van der Waals surface area contributed by atoms with Crippen molar-refractivity contribution in [1.29, 1.82) is 0 Å². The van der Waals surface area contributed by atoms with E-state index in [0.717, 1.165) is 38.5 Å². The Bertz CT molecular complexity index is 839. The van der Waals surface area contributed by atoms with Crippen LogP contribution < -0.4 is 5.73 Å². The first-order valence-electron chi connectivity index (χ1n) is 15.7. The smallest absolute Gasteiger partial charge is 0.146 e. The Morgan fingerprint density at radius 1 is 0.974 bits per heavy atom. The monoisotopic (exact) mass is 545 g/mol. The SMILES string of the molecule is CC[C@H](C1C[C@@H](C)C[C@@H](O)C[C@H]1OC)[C@@H]1CC(c2ccccc2COCOC)CC[C@@H](C(C)(C)N)C[C@H](C)C1. The molecule has 1 aromatic carbocycles. The number of hydrogen-bond acceptors (Lipinski definition) is 5.